The normalized spacial score (nSPS) is 11.3. The Bertz CT molecular complexity index is 884. The quantitative estimate of drug-likeness (QED) is 0.498. The number of aromatic nitrogens is 1. The van der Waals surface area contributed by atoms with Crippen LogP contribution in [0.15, 0.2) is 60.0 Å². The minimum atomic E-state index is 0.599. The van der Waals surface area contributed by atoms with Crippen LogP contribution in [0.2, 0.25) is 0 Å². The number of nitrogens with zero attached hydrogens (tertiary/aromatic N) is 2. The van der Waals surface area contributed by atoms with Gasteiger partial charge in [0.05, 0.1) is 11.3 Å². The van der Waals surface area contributed by atoms with Crippen molar-refractivity contribution in [2.75, 3.05) is 0 Å². The molecule has 25 heavy (non-hydrogen) atoms. The summed E-state index contributed by atoms with van der Waals surface area (Å²) in [6, 6.07) is 20.7. The lowest BCUT2D eigenvalue weighted by atomic mass is 10.1. The Morgan fingerprint density at radius 1 is 1.12 bits per heavy atom. The first-order valence-corrected chi connectivity index (χ1v) is 9.40. The van der Waals surface area contributed by atoms with Crippen molar-refractivity contribution < 1.29 is 0 Å². The number of aryl methyl sites for hydroxylation is 1. The number of thiazole rings is 1. The van der Waals surface area contributed by atoms with Gasteiger partial charge in [0.2, 0.25) is 0 Å². The summed E-state index contributed by atoms with van der Waals surface area (Å²) >= 11 is 1.51. The van der Waals surface area contributed by atoms with Gasteiger partial charge in [0.15, 0.2) is 0 Å². The Balaban J connectivity index is 1.82. The summed E-state index contributed by atoms with van der Waals surface area (Å²) in [7, 11) is 0. The maximum Gasteiger partial charge on any atom is 0.134 e. The molecule has 0 bridgehead atoms. The van der Waals surface area contributed by atoms with Gasteiger partial charge in [-0.25, -0.2) is 4.98 Å². The Morgan fingerprint density at radius 3 is 2.56 bits per heavy atom. The van der Waals surface area contributed by atoms with Crippen LogP contribution in [0.25, 0.3) is 22.9 Å². The van der Waals surface area contributed by atoms with Crippen molar-refractivity contribution >= 4 is 23.0 Å². The number of allylic oxidation sites excluding steroid dienone is 1. The largest absolute Gasteiger partial charge is 0.235 e. The molecule has 0 saturated heterocycles. The SMILES string of the molecule is CCCCc1ccc(-c2csc(/C(C#N)=C/c3ccccc3)n2)cc1. The van der Waals surface area contributed by atoms with Crippen molar-refractivity contribution in [3.8, 4) is 17.3 Å². The van der Waals surface area contributed by atoms with Gasteiger partial charge in [0, 0.05) is 10.9 Å². The van der Waals surface area contributed by atoms with Gasteiger partial charge in [-0.15, -0.1) is 11.3 Å². The van der Waals surface area contributed by atoms with Crippen molar-refractivity contribution in [3.05, 3.63) is 76.1 Å². The van der Waals surface area contributed by atoms with Gasteiger partial charge in [-0.1, -0.05) is 67.9 Å². The van der Waals surface area contributed by atoms with Crippen LogP contribution < -0.4 is 0 Å². The van der Waals surface area contributed by atoms with E-state index in [0.717, 1.165) is 28.2 Å². The minimum Gasteiger partial charge on any atom is -0.235 e. The van der Waals surface area contributed by atoms with Crippen LogP contribution in [-0.4, -0.2) is 4.98 Å². The highest BCUT2D eigenvalue weighted by molar-refractivity contribution is 7.11. The summed E-state index contributed by atoms with van der Waals surface area (Å²) in [6.45, 7) is 2.21. The molecule has 0 spiro atoms. The Kier molecular flexibility index (Phi) is 5.77. The molecule has 0 saturated carbocycles. The molecule has 3 aromatic rings. The van der Waals surface area contributed by atoms with E-state index in [9.17, 15) is 5.26 Å². The van der Waals surface area contributed by atoms with E-state index in [0.29, 0.717) is 5.57 Å². The van der Waals surface area contributed by atoms with Crippen molar-refractivity contribution in [1.82, 2.24) is 4.98 Å². The van der Waals surface area contributed by atoms with Crippen molar-refractivity contribution in [1.29, 1.82) is 5.26 Å². The maximum absolute atomic E-state index is 9.49. The summed E-state index contributed by atoms with van der Waals surface area (Å²) in [6.07, 6.45) is 5.44. The predicted octanol–water partition coefficient (Wildman–Crippen LogP) is 6.22. The molecule has 1 heterocycles. The van der Waals surface area contributed by atoms with Crippen LogP contribution in [0, 0.1) is 11.3 Å². The third-order valence-electron chi connectivity index (χ3n) is 4.03. The first kappa shape index (κ1) is 17.1. The monoisotopic (exact) mass is 344 g/mol. The van der Waals surface area contributed by atoms with E-state index in [1.54, 1.807) is 0 Å². The summed E-state index contributed by atoms with van der Waals surface area (Å²) in [5, 5.41) is 12.3. The fraction of sp³-hybridized carbons (Fsp3) is 0.182. The molecule has 0 atom stereocenters. The molecule has 3 heteroatoms. The highest BCUT2D eigenvalue weighted by Gasteiger charge is 2.09. The number of hydrogen-bond acceptors (Lipinski definition) is 3. The smallest absolute Gasteiger partial charge is 0.134 e. The number of rotatable bonds is 6. The third kappa shape index (κ3) is 4.43. The molecule has 0 aliphatic rings. The van der Waals surface area contributed by atoms with E-state index in [-0.39, 0.29) is 0 Å². The summed E-state index contributed by atoms with van der Waals surface area (Å²) in [5.74, 6) is 0. The molecule has 0 fully saturated rings. The molecule has 2 aromatic carbocycles. The lowest BCUT2D eigenvalue weighted by Crippen LogP contribution is -1.86. The molecule has 0 radical (unpaired) electrons. The van der Waals surface area contributed by atoms with E-state index in [4.69, 9.17) is 0 Å². The Labute approximate surface area is 153 Å². The molecule has 0 aliphatic heterocycles. The van der Waals surface area contributed by atoms with Crippen LogP contribution >= 0.6 is 11.3 Å². The molecule has 0 N–H and O–H groups in total. The van der Waals surface area contributed by atoms with Gasteiger partial charge in [0.1, 0.15) is 11.1 Å². The van der Waals surface area contributed by atoms with E-state index in [1.807, 2.05) is 41.8 Å². The van der Waals surface area contributed by atoms with E-state index < -0.39 is 0 Å². The molecular formula is C22H20N2S. The van der Waals surface area contributed by atoms with E-state index in [1.165, 1.54) is 29.7 Å². The zero-order chi connectivity index (χ0) is 17.5. The topological polar surface area (TPSA) is 36.7 Å². The van der Waals surface area contributed by atoms with Crippen LogP contribution in [0.4, 0.5) is 0 Å². The second-order valence-corrected chi connectivity index (χ2v) is 6.78. The predicted molar refractivity (Wildman–Crippen MR) is 106 cm³/mol. The highest BCUT2D eigenvalue weighted by Crippen LogP contribution is 2.27. The lowest BCUT2D eigenvalue weighted by Gasteiger charge is -2.01. The molecule has 0 aliphatic carbocycles. The summed E-state index contributed by atoms with van der Waals surface area (Å²) in [5.41, 5.74) is 5.00. The van der Waals surface area contributed by atoms with Gasteiger partial charge >= 0.3 is 0 Å². The van der Waals surface area contributed by atoms with Crippen LogP contribution in [0.5, 0.6) is 0 Å². The molecule has 0 amide bonds. The second kappa shape index (κ2) is 8.41. The third-order valence-corrected chi connectivity index (χ3v) is 4.91. The average Bonchev–Trinajstić information content (AvgIpc) is 3.15. The minimum absolute atomic E-state index is 0.599. The Morgan fingerprint density at radius 2 is 1.88 bits per heavy atom. The molecule has 3 rings (SSSR count). The highest BCUT2D eigenvalue weighted by atomic mass is 32.1. The van der Waals surface area contributed by atoms with Crippen molar-refractivity contribution in [2.24, 2.45) is 0 Å². The maximum atomic E-state index is 9.49. The first-order chi connectivity index (χ1) is 12.3. The second-order valence-electron chi connectivity index (χ2n) is 5.92. The summed E-state index contributed by atoms with van der Waals surface area (Å²) < 4.78 is 0. The van der Waals surface area contributed by atoms with Crippen molar-refractivity contribution in [3.63, 3.8) is 0 Å². The number of unbranched alkanes of at least 4 members (excludes halogenated alkanes) is 1. The molecule has 124 valence electrons. The Hall–Kier alpha value is -2.70. The van der Waals surface area contributed by atoms with Gasteiger partial charge < -0.3 is 0 Å². The molecule has 0 unspecified atom stereocenters. The first-order valence-electron chi connectivity index (χ1n) is 8.52. The van der Waals surface area contributed by atoms with Crippen LogP contribution in [-0.2, 0) is 6.42 Å². The average molecular weight is 344 g/mol. The standard InChI is InChI=1S/C22H20N2S/c1-2-3-7-17-10-12-19(13-11-17)21-16-25-22(24-21)20(15-23)14-18-8-5-4-6-9-18/h4-6,8-14,16H,2-3,7H2,1H3/b20-14+. The fourth-order valence-corrected chi connectivity index (χ4v) is 3.41. The van der Waals surface area contributed by atoms with Gasteiger partial charge in [-0.05, 0) is 30.0 Å². The van der Waals surface area contributed by atoms with E-state index >= 15 is 0 Å². The molecule has 2 nitrogen and oxygen atoms in total. The number of hydrogen-bond donors (Lipinski definition) is 0. The van der Waals surface area contributed by atoms with Crippen molar-refractivity contribution in [2.45, 2.75) is 26.2 Å². The summed E-state index contributed by atoms with van der Waals surface area (Å²) in [4.78, 5) is 4.67. The van der Waals surface area contributed by atoms with Gasteiger partial charge in [-0.3, -0.25) is 0 Å². The lowest BCUT2D eigenvalue weighted by molar-refractivity contribution is 0.795. The van der Waals surface area contributed by atoms with Gasteiger partial charge in [-0.2, -0.15) is 5.26 Å². The molecule has 1 aromatic heterocycles. The zero-order valence-corrected chi connectivity index (χ0v) is 15.1. The van der Waals surface area contributed by atoms with Gasteiger partial charge in [0.25, 0.3) is 0 Å². The van der Waals surface area contributed by atoms with Crippen LogP contribution in [0.3, 0.4) is 0 Å². The van der Waals surface area contributed by atoms with E-state index in [2.05, 4.69) is 42.2 Å². The zero-order valence-electron chi connectivity index (χ0n) is 14.3. The van der Waals surface area contributed by atoms with Crippen LogP contribution in [0.1, 0.15) is 35.9 Å². The molecular weight excluding hydrogens is 324 g/mol. The fourth-order valence-electron chi connectivity index (χ4n) is 2.61. The number of benzene rings is 2. The number of nitriles is 1.